The van der Waals surface area contributed by atoms with E-state index in [0.29, 0.717) is 100 Å². The van der Waals surface area contributed by atoms with Crippen molar-refractivity contribution in [1.82, 2.24) is 24.8 Å². The molecule has 0 aromatic carbocycles. The molecular formula is C28H48N8O5. The van der Waals surface area contributed by atoms with Gasteiger partial charge in [0.25, 0.3) is 0 Å². The predicted molar refractivity (Wildman–Crippen MR) is 160 cm³/mol. The van der Waals surface area contributed by atoms with E-state index >= 15 is 0 Å². The molecule has 13 nitrogen and oxygen atoms in total. The summed E-state index contributed by atoms with van der Waals surface area (Å²) in [5.74, 6) is 2.29. The summed E-state index contributed by atoms with van der Waals surface area (Å²) in [6.07, 6.45) is 1.68. The van der Waals surface area contributed by atoms with Crippen molar-refractivity contribution < 1.29 is 23.7 Å². The number of carbonyl (C=O) groups is 1. The third-order valence-corrected chi connectivity index (χ3v) is 7.12. The van der Waals surface area contributed by atoms with Gasteiger partial charge in [0, 0.05) is 74.8 Å². The molecule has 0 aliphatic carbocycles. The first-order valence-corrected chi connectivity index (χ1v) is 14.4. The van der Waals surface area contributed by atoms with E-state index in [4.69, 9.17) is 38.9 Å². The van der Waals surface area contributed by atoms with Crippen molar-refractivity contribution in [3.8, 4) is 0 Å². The van der Waals surface area contributed by atoms with Gasteiger partial charge in [0.1, 0.15) is 11.0 Å². The summed E-state index contributed by atoms with van der Waals surface area (Å²) in [7, 11) is 8.54. The van der Waals surface area contributed by atoms with Crippen molar-refractivity contribution in [2.75, 3.05) is 122 Å². The van der Waals surface area contributed by atoms with Crippen LogP contribution in [0.2, 0.25) is 0 Å². The first kappa shape index (κ1) is 32.6. The van der Waals surface area contributed by atoms with Gasteiger partial charge in [-0.1, -0.05) is 13.8 Å². The highest BCUT2D eigenvalue weighted by atomic mass is 16.5. The number of nitrogens with zero attached hydrogens (tertiary/aromatic N) is 8. The van der Waals surface area contributed by atoms with E-state index in [0.717, 1.165) is 18.5 Å². The standard InChI is InChI=1S/C28H48N8O5/c1-21(2)8-9-22-24-25(31-27(29-22)34(12-16-38-4)13-17-39-5)26(36-11-10-33(3)23(37)20-36)32-28(30-24)35(14-18-40-6)15-19-41-7/h21H,8-20H2,1-7H3. The van der Waals surface area contributed by atoms with Gasteiger partial charge in [0.2, 0.25) is 17.8 Å². The average molecular weight is 577 g/mol. The molecule has 0 saturated carbocycles. The second-order valence-electron chi connectivity index (χ2n) is 10.6. The molecule has 0 bridgehead atoms. The van der Waals surface area contributed by atoms with E-state index in [1.165, 1.54) is 0 Å². The number of hydrogen-bond acceptors (Lipinski definition) is 12. The van der Waals surface area contributed by atoms with Crippen LogP contribution in [0.25, 0.3) is 11.0 Å². The zero-order chi connectivity index (χ0) is 29.8. The number of rotatable bonds is 18. The van der Waals surface area contributed by atoms with Gasteiger partial charge in [-0.15, -0.1) is 0 Å². The Kier molecular flexibility index (Phi) is 13.2. The Bertz CT molecular complexity index is 1090. The molecule has 0 spiro atoms. The quantitative estimate of drug-likeness (QED) is 0.256. The molecule has 1 fully saturated rings. The average Bonchev–Trinajstić information content (AvgIpc) is 2.97. The van der Waals surface area contributed by atoms with Crippen LogP contribution in [0.15, 0.2) is 0 Å². The fourth-order valence-electron chi connectivity index (χ4n) is 4.51. The number of amides is 1. The number of fused-ring (bicyclic) bond motifs is 1. The van der Waals surface area contributed by atoms with Crippen LogP contribution in [-0.4, -0.2) is 138 Å². The molecule has 0 unspecified atom stereocenters. The van der Waals surface area contributed by atoms with Crippen LogP contribution in [-0.2, 0) is 30.2 Å². The second kappa shape index (κ2) is 16.5. The molecule has 0 N–H and O–H groups in total. The minimum absolute atomic E-state index is 0.0383. The largest absolute Gasteiger partial charge is 0.383 e. The Balaban J connectivity index is 2.25. The Morgan fingerprint density at radius 2 is 1.27 bits per heavy atom. The maximum Gasteiger partial charge on any atom is 0.241 e. The molecule has 1 aliphatic rings. The van der Waals surface area contributed by atoms with E-state index in [1.54, 1.807) is 33.3 Å². The Morgan fingerprint density at radius 3 is 1.76 bits per heavy atom. The number of anilines is 3. The number of carbonyl (C=O) groups excluding carboxylic acids is 1. The molecular weight excluding hydrogens is 528 g/mol. The lowest BCUT2D eigenvalue weighted by Gasteiger charge is -2.34. The van der Waals surface area contributed by atoms with Gasteiger partial charge >= 0.3 is 0 Å². The van der Waals surface area contributed by atoms with E-state index < -0.39 is 0 Å². The van der Waals surface area contributed by atoms with Crippen molar-refractivity contribution >= 4 is 34.7 Å². The monoisotopic (exact) mass is 576 g/mol. The molecule has 3 rings (SSSR count). The number of ether oxygens (including phenoxy) is 4. The van der Waals surface area contributed by atoms with Crippen LogP contribution in [0.4, 0.5) is 17.7 Å². The SMILES string of the molecule is COCCN(CCOC)c1nc(N2CCN(C)C(=O)C2)c2nc(N(CCOC)CCOC)nc(CCC(C)C)c2n1. The topological polar surface area (TPSA) is 119 Å². The van der Waals surface area contributed by atoms with Crippen LogP contribution in [0.3, 0.4) is 0 Å². The Morgan fingerprint density at radius 1 is 0.756 bits per heavy atom. The number of aromatic nitrogens is 4. The highest BCUT2D eigenvalue weighted by Gasteiger charge is 2.28. The number of hydrogen-bond donors (Lipinski definition) is 0. The van der Waals surface area contributed by atoms with Gasteiger partial charge in [-0.3, -0.25) is 4.79 Å². The lowest BCUT2D eigenvalue weighted by Crippen LogP contribution is -2.49. The molecule has 1 amide bonds. The molecule has 0 atom stereocenters. The summed E-state index contributed by atoms with van der Waals surface area (Å²) in [6, 6.07) is 0. The van der Waals surface area contributed by atoms with Crippen LogP contribution in [0, 0.1) is 5.92 Å². The molecule has 1 aliphatic heterocycles. The fraction of sp³-hybridized carbons (Fsp3) is 0.750. The first-order chi connectivity index (χ1) is 19.8. The van der Waals surface area contributed by atoms with E-state index in [9.17, 15) is 4.79 Å². The molecule has 3 heterocycles. The summed E-state index contributed by atoms with van der Waals surface area (Å²) in [5, 5.41) is 0. The summed E-state index contributed by atoms with van der Waals surface area (Å²) in [5.41, 5.74) is 2.22. The van der Waals surface area contributed by atoms with Crippen molar-refractivity contribution in [1.29, 1.82) is 0 Å². The molecule has 1 saturated heterocycles. The van der Waals surface area contributed by atoms with Crippen LogP contribution in [0.5, 0.6) is 0 Å². The molecule has 41 heavy (non-hydrogen) atoms. The van der Waals surface area contributed by atoms with Crippen LogP contribution in [0.1, 0.15) is 26.0 Å². The van der Waals surface area contributed by atoms with Gasteiger partial charge in [-0.2, -0.15) is 4.98 Å². The minimum atomic E-state index is 0.0383. The zero-order valence-electron chi connectivity index (χ0n) is 25.9. The number of methoxy groups -OCH3 is 4. The lowest BCUT2D eigenvalue weighted by atomic mass is 10.1. The third kappa shape index (κ3) is 9.06. The van der Waals surface area contributed by atoms with E-state index in [1.807, 2.05) is 11.9 Å². The maximum atomic E-state index is 12.8. The number of aryl methyl sites for hydroxylation is 1. The Labute approximate surface area is 244 Å². The van der Waals surface area contributed by atoms with Gasteiger partial charge in [0.05, 0.1) is 38.7 Å². The highest BCUT2D eigenvalue weighted by Crippen LogP contribution is 2.30. The summed E-state index contributed by atoms with van der Waals surface area (Å²) in [6.45, 7) is 10.3. The van der Waals surface area contributed by atoms with E-state index in [2.05, 4.69) is 23.6 Å². The smallest absolute Gasteiger partial charge is 0.241 e. The summed E-state index contributed by atoms with van der Waals surface area (Å²) in [4.78, 5) is 40.9. The van der Waals surface area contributed by atoms with Crippen LogP contribution < -0.4 is 14.7 Å². The van der Waals surface area contributed by atoms with Crippen molar-refractivity contribution in [2.45, 2.75) is 26.7 Å². The van der Waals surface area contributed by atoms with Gasteiger partial charge in [-0.25, -0.2) is 15.0 Å². The number of piperazine rings is 1. The first-order valence-electron chi connectivity index (χ1n) is 14.4. The van der Waals surface area contributed by atoms with Crippen molar-refractivity contribution in [2.24, 2.45) is 5.92 Å². The summed E-state index contributed by atoms with van der Waals surface area (Å²) >= 11 is 0. The van der Waals surface area contributed by atoms with Gasteiger partial charge < -0.3 is 38.5 Å². The molecule has 2 aromatic heterocycles. The van der Waals surface area contributed by atoms with Gasteiger partial charge in [0.15, 0.2) is 5.82 Å². The third-order valence-electron chi connectivity index (χ3n) is 7.12. The second-order valence-corrected chi connectivity index (χ2v) is 10.6. The lowest BCUT2D eigenvalue weighted by molar-refractivity contribution is -0.129. The minimum Gasteiger partial charge on any atom is -0.383 e. The highest BCUT2D eigenvalue weighted by molar-refractivity contribution is 5.92. The maximum absolute atomic E-state index is 12.8. The fourth-order valence-corrected chi connectivity index (χ4v) is 4.51. The molecule has 13 heteroatoms. The van der Waals surface area contributed by atoms with Gasteiger partial charge in [-0.05, 0) is 18.8 Å². The van der Waals surface area contributed by atoms with Crippen LogP contribution >= 0.6 is 0 Å². The van der Waals surface area contributed by atoms with Crippen molar-refractivity contribution in [3.63, 3.8) is 0 Å². The normalized spacial score (nSPS) is 14.0. The van der Waals surface area contributed by atoms with Crippen molar-refractivity contribution in [3.05, 3.63) is 5.69 Å². The predicted octanol–water partition coefficient (Wildman–Crippen LogP) is 1.49. The molecule has 230 valence electrons. The Hall–Kier alpha value is -2.87. The van der Waals surface area contributed by atoms with E-state index in [-0.39, 0.29) is 12.5 Å². The molecule has 0 radical (unpaired) electrons. The molecule has 2 aromatic rings. The summed E-state index contributed by atoms with van der Waals surface area (Å²) < 4.78 is 21.5. The zero-order valence-corrected chi connectivity index (χ0v) is 25.9. The number of likely N-dealkylation sites (N-methyl/N-ethyl adjacent to an activating group) is 1.